The maximum absolute atomic E-state index is 12.5. The molecule has 8 nitrogen and oxygen atoms in total. The van der Waals surface area contributed by atoms with Crippen LogP contribution in [0.15, 0.2) is 42.7 Å². The average Bonchev–Trinajstić information content (AvgIpc) is 2.85. The molecule has 8 heteroatoms. The summed E-state index contributed by atoms with van der Waals surface area (Å²) in [6.45, 7) is 2.29. The van der Waals surface area contributed by atoms with Crippen molar-refractivity contribution in [2.75, 3.05) is 32.1 Å². The summed E-state index contributed by atoms with van der Waals surface area (Å²) in [4.78, 5) is 34.3. The molecule has 1 atom stereocenters. The van der Waals surface area contributed by atoms with Gasteiger partial charge >= 0.3 is 5.97 Å². The highest BCUT2D eigenvalue weighted by Crippen LogP contribution is 2.31. The Morgan fingerprint density at radius 2 is 2.03 bits per heavy atom. The van der Waals surface area contributed by atoms with Crippen LogP contribution in [0.5, 0.6) is 5.88 Å². The van der Waals surface area contributed by atoms with Crippen molar-refractivity contribution < 1.29 is 19.4 Å². The number of methoxy groups -OCH3 is 1. The molecule has 2 N–H and O–H groups in total. The van der Waals surface area contributed by atoms with Gasteiger partial charge in [0.25, 0.3) is 0 Å². The number of carbonyl (C=O) groups excluding carboxylic acids is 1. The number of hydrogen-bond acceptors (Lipinski definition) is 6. The Hall–Kier alpha value is -3.16. The second kappa shape index (κ2) is 12.8. The first-order valence-corrected chi connectivity index (χ1v) is 11.7. The third-order valence-electron chi connectivity index (χ3n) is 6.29. The standard InChI is InChI=1S/C25H34N4O4/c1-33-23-10-9-21(18-28-23)20(17-25(31)32)8-7-19-11-15-29(16-12-19)24(30)6-4-14-27-22-5-2-3-13-26-22/h2-3,5,9-10,13,18-20H,4,6-8,11-12,14-17H2,1H3,(H,26,27)(H,31,32). The smallest absolute Gasteiger partial charge is 0.303 e. The number of carboxylic acids is 1. The number of carboxylic acid groups (broad SMARTS) is 1. The maximum atomic E-state index is 12.5. The molecule has 0 aromatic carbocycles. The first-order chi connectivity index (χ1) is 16.0. The molecule has 1 amide bonds. The molecule has 3 heterocycles. The van der Waals surface area contributed by atoms with Gasteiger partial charge in [0.05, 0.1) is 13.5 Å². The van der Waals surface area contributed by atoms with E-state index in [0.29, 0.717) is 18.2 Å². The lowest BCUT2D eigenvalue weighted by Gasteiger charge is -2.32. The number of ether oxygens (including phenoxy) is 1. The number of nitrogens with one attached hydrogen (secondary N) is 1. The van der Waals surface area contributed by atoms with Crippen LogP contribution in [0.3, 0.4) is 0 Å². The third-order valence-corrected chi connectivity index (χ3v) is 6.29. The van der Waals surface area contributed by atoms with E-state index < -0.39 is 5.97 Å². The number of hydrogen-bond donors (Lipinski definition) is 2. The Balaban J connectivity index is 1.38. The Kier molecular flexibility index (Phi) is 9.47. The summed E-state index contributed by atoms with van der Waals surface area (Å²) in [5.41, 5.74) is 0.935. The normalized spacial score (nSPS) is 15.1. The topological polar surface area (TPSA) is 105 Å². The minimum absolute atomic E-state index is 0.0628. The molecule has 178 valence electrons. The van der Waals surface area contributed by atoms with E-state index in [1.165, 1.54) is 0 Å². The van der Waals surface area contributed by atoms with Crippen LogP contribution in [0.2, 0.25) is 0 Å². The van der Waals surface area contributed by atoms with E-state index in [-0.39, 0.29) is 18.2 Å². The molecule has 0 saturated carbocycles. The van der Waals surface area contributed by atoms with Crippen LogP contribution >= 0.6 is 0 Å². The summed E-state index contributed by atoms with van der Waals surface area (Å²) in [6.07, 6.45) is 8.58. The van der Waals surface area contributed by atoms with Gasteiger partial charge in [-0.1, -0.05) is 12.1 Å². The van der Waals surface area contributed by atoms with Gasteiger partial charge in [-0.05, 0) is 61.6 Å². The Bertz CT molecular complexity index is 868. The summed E-state index contributed by atoms with van der Waals surface area (Å²) in [5.74, 6) is 1.22. The molecule has 1 fully saturated rings. The van der Waals surface area contributed by atoms with Gasteiger partial charge in [-0.15, -0.1) is 0 Å². The zero-order chi connectivity index (χ0) is 23.5. The van der Waals surface area contributed by atoms with Crippen LogP contribution in [0.1, 0.15) is 56.4 Å². The van der Waals surface area contributed by atoms with Crippen LogP contribution in [-0.2, 0) is 9.59 Å². The SMILES string of the molecule is COc1ccc(C(CCC2CCN(C(=O)CCCNc3ccccn3)CC2)CC(=O)O)cn1. The van der Waals surface area contributed by atoms with Gasteiger partial charge in [-0.3, -0.25) is 9.59 Å². The zero-order valence-corrected chi connectivity index (χ0v) is 19.3. The highest BCUT2D eigenvalue weighted by atomic mass is 16.5. The van der Waals surface area contributed by atoms with Crippen molar-refractivity contribution in [3.63, 3.8) is 0 Å². The molecular weight excluding hydrogens is 420 g/mol. The summed E-state index contributed by atoms with van der Waals surface area (Å²) < 4.78 is 5.10. The molecule has 1 aliphatic heterocycles. The zero-order valence-electron chi connectivity index (χ0n) is 19.3. The van der Waals surface area contributed by atoms with E-state index in [1.807, 2.05) is 29.2 Å². The lowest BCUT2D eigenvalue weighted by Crippen LogP contribution is -2.38. The van der Waals surface area contributed by atoms with E-state index in [0.717, 1.165) is 63.1 Å². The molecule has 2 aromatic heterocycles. The molecule has 3 rings (SSSR count). The van der Waals surface area contributed by atoms with E-state index in [2.05, 4.69) is 15.3 Å². The molecule has 0 radical (unpaired) electrons. The maximum Gasteiger partial charge on any atom is 0.303 e. The number of nitrogens with zero attached hydrogens (tertiary/aromatic N) is 3. The van der Waals surface area contributed by atoms with Gasteiger partial charge in [0.2, 0.25) is 11.8 Å². The van der Waals surface area contributed by atoms with Crippen molar-refractivity contribution in [2.24, 2.45) is 5.92 Å². The molecule has 1 unspecified atom stereocenters. The highest BCUT2D eigenvalue weighted by Gasteiger charge is 2.24. The fourth-order valence-electron chi connectivity index (χ4n) is 4.34. The molecular formula is C25H34N4O4. The van der Waals surface area contributed by atoms with Crippen molar-refractivity contribution >= 4 is 17.7 Å². The van der Waals surface area contributed by atoms with Gasteiger partial charge in [0.15, 0.2) is 0 Å². The quantitative estimate of drug-likeness (QED) is 0.468. The number of piperidine rings is 1. The Labute approximate surface area is 195 Å². The molecule has 2 aromatic rings. The van der Waals surface area contributed by atoms with Crippen LogP contribution in [0.4, 0.5) is 5.82 Å². The van der Waals surface area contributed by atoms with E-state index in [1.54, 1.807) is 25.6 Å². The number of pyridine rings is 2. The van der Waals surface area contributed by atoms with E-state index >= 15 is 0 Å². The first-order valence-electron chi connectivity index (χ1n) is 11.7. The number of aromatic nitrogens is 2. The van der Waals surface area contributed by atoms with Crippen molar-refractivity contribution in [2.45, 2.75) is 50.9 Å². The van der Waals surface area contributed by atoms with Gasteiger partial charge in [0.1, 0.15) is 5.82 Å². The Morgan fingerprint density at radius 3 is 2.67 bits per heavy atom. The van der Waals surface area contributed by atoms with Crippen molar-refractivity contribution in [3.05, 3.63) is 48.3 Å². The minimum Gasteiger partial charge on any atom is -0.481 e. The number of amides is 1. The number of carbonyl (C=O) groups is 2. The van der Waals surface area contributed by atoms with Crippen LogP contribution in [0.25, 0.3) is 0 Å². The fraction of sp³-hybridized carbons (Fsp3) is 0.520. The predicted molar refractivity (Wildman–Crippen MR) is 126 cm³/mol. The van der Waals surface area contributed by atoms with Crippen molar-refractivity contribution in [1.29, 1.82) is 0 Å². The predicted octanol–water partition coefficient (Wildman–Crippen LogP) is 3.95. The monoisotopic (exact) mass is 454 g/mol. The molecule has 0 spiro atoms. The number of likely N-dealkylation sites (tertiary alicyclic amines) is 1. The average molecular weight is 455 g/mol. The van der Waals surface area contributed by atoms with Crippen molar-refractivity contribution in [1.82, 2.24) is 14.9 Å². The molecule has 0 bridgehead atoms. The van der Waals surface area contributed by atoms with Gasteiger partial charge in [-0.2, -0.15) is 0 Å². The summed E-state index contributed by atoms with van der Waals surface area (Å²) >= 11 is 0. The molecule has 1 saturated heterocycles. The third kappa shape index (κ3) is 8.04. The molecule has 1 aliphatic rings. The minimum atomic E-state index is -0.797. The Morgan fingerprint density at radius 1 is 1.21 bits per heavy atom. The number of anilines is 1. The van der Waals surface area contributed by atoms with Gasteiger partial charge in [-0.25, -0.2) is 9.97 Å². The second-order valence-corrected chi connectivity index (χ2v) is 8.58. The first kappa shape index (κ1) is 24.5. The highest BCUT2D eigenvalue weighted by molar-refractivity contribution is 5.76. The summed E-state index contributed by atoms with van der Waals surface area (Å²) in [5, 5.41) is 12.6. The summed E-state index contributed by atoms with van der Waals surface area (Å²) in [7, 11) is 1.56. The van der Waals surface area contributed by atoms with Crippen molar-refractivity contribution in [3.8, 4) is 5.88 Å². The van der Waals surface area contributed by atoms with Crippen LogP contribution < -0.4 is 10.1 Å². The van der Waals surface area contributed by atoms with E-state index in [4.69, 9.17) is 4.74 Å². The largest absolute Gasteiger partial charge is 0.481 e. The number of aliphatic carboxylic acids is 1. The second-order valence-electron chi connectivity index (χ2n) is 8.58. The van der Waals surface area contributed by atoms with E-state index in [9.17, 15) is 14.7 Å². The molecule has 0 aliphatic carbocycles. The molecule has 33 heavy (non-hydrogen) atoms. The lowest BCUT2D eigenvalue weighted by atomic mass is 9.85. The number of rotatable bonds is 12. The van der Waals surface area contributed by atoms with Gasteiger partial charge < -0.3 is 20.1 Å². The summed E-state index contributed by atoms with van der Waals surface area (Å²) in [6, 6.07) is 9.41. The van der Waals surface area contributed by atoms with Crippen LogP contribution in [0, 0.1) is 5.92 Å². The lowest BCUT2D eigenvalue weighted by molar-refractivity contribution is -0.137. The van der Waals surface area contributed by atoms with Crippen LogP contribution in [-0.4, -0.2) is 58.6 Å². The van der Waals surface area contributed by atoms with Gasteiger partial charge in [0, 0.05) is 44.5 Å². The fourth-order valence-corrected chi connectivity index (χ4v) is 4.34.